The van der Waals surface area contributed by atoms with E-state index in [0.717, 1.165) is 5.56 Å². The molecule has 0 saturated heterocycles. The van der Waals surface area contributed by atoms with E-state index in [1.54, 1.807) is 12.1 Å². The maximum absolute atomic E-state index is 12.2. The molecular weight excluding hydrogens is 365 g/mol. The van der Waals surface area contributed by atoms with Crippen LogP contribution in [-0.2, 0) is 14.3 Å². The Morgan fingerprint density at radius 3 is 2.52 bits per heavy atom. The van der Waals surface area contributed by atoms with Gasteiger partial charge in [0.2, 0.25) is 0 Å². The highest BCUT2D eigenvalue weighted by Gasteiger charge is 2.19. The summed E-state index contributed by atoms with van der Waals surface area (Å²) < 4.78 is 10.1. The fourth-order valence-electron chi connectivity index (χ4n) is 2.15. The number of carbonyl (C=O) groups is 2. The zero-order valence-corrected chi connectivity index (χ0v) is 15.0. The van der Waals surface area contributed by atoms with Gasteiger partial charge in [-0.25, -0.2) is 0 Å². The Morgan fingerprint density at radius 1 is 1.12 bits per heavy atom. The van der Waals surface area contributed by atoms with Crippen LogP contribution in [0.2, 0.25) is 10.0 Å². The SMILES string of the molecule is COC(=O)CC(NC(=O)COc1cc(Cl)ccc1Cl)c1ccccc1. The number of amides is 1. The molecule has 2 aromatic carbocycles. The predicted octanol–water partition coefficient (Wildman–Crippen LogP) is 3.79. The first-order valence-corrected chi connectivity index (χ1v) is 8.24. The standard InChI is InChI=1S/C18H17Cl2NO4/c1-24-18(23)10-15(12-5-3-2-4-6-12)21-17(22)11-25-16-9-13(19)7-8-14(16)20/h2-9,15H,10-11H2,1H3,(H,21,22). The van der Waals surface area contributed by atoms with Gasteiger partial charge in [-0.2, -0.15) is 0 Å². The van der Waals surface area contributed by atoms with Crippen LogP contribution in [0.4, 0.5) is 0 Å². The van der Waals surface area contributed by atoms with Gasteiger partial charge in [0.25, 0.3) is 5.91 Å². The average molecular weight is 382 g/mol. The molecule has 2 rings (SSSR count). The summed E-state index contributed by atoms with van der Waals surface area (Å²) in [7, 11) is 1.30. The van der Waals surface area contributed by atoms with E-state index in [-0.39, 0.29) is 13.0 Å². The van der Waals surface area contributed by atoms with Gasteiger partial charge < -0.3 is 14.8 Å². The van der Waals surface area contributed by atoms with Crippen molar-refractivity contribution in [2.75, 3.05) is 13.7 Å². The molecule has 25 heavy (non-hydrogen) atoms. The van der Waals surface area contributed by atoms with Gasteiger partial charge in [0.1, 0.15) is 5.75 Å². The minimum absolute atomic E-state index is 0.0180. The number of hydrogen-bond acceptors (Lipinski definition) is 4. The van der Waals surface area contributed by atoms with Crippen LogP contribution in [0.25, 0.3) is 0 Å². The first-order valence-electron chi connectivity index (χ1n) is 7.48. The van der Waals surface area contributed by atoms with E-state index in [0.29, 0.717) is 15.8 Å². The van der Waals surface area contributed by atoms with Crippen LogP contribution < -0.4 is 10.1 Å². The van der Waals surface area contributed by atoms with Gasteiger partial charge >= 0.3 is 5.97 Å². The zero-order chi connectivity index (χ0) is 18.2. The Labute approximate surface area is 155 Å². The third-order valence-corrected chi connectivity index (χ3v) is 3.93. The highest BCUT2D eigenvalue weighted by atomic mass is 35.5. The number of methoxy groups -OCH3 is 1. The van der Waals surface area contributed by atoms with Gasteiger partial charge in [-0.15, -0.1) is 0 Å². The molecule has 0 aliphatic carbocycles. The lowest BCUT2D eigenvalue weighted by Crippen LogP contribution is -2.34. The van der Waals surface area contributed by atoms with Crippen molar-refractivity contribution in [2.24, 2.45) is 0 Å². The molecule has 2 aromatic rings. The molecule has 1 N–H and O–H groups in total. The van der Waals surface area contributed by atoms with Crippen molar-refractivity contribution in [1.29, 1.82) is 0 Å². The van der Waals surface area contributed by atoms with Crippen molar-refractivity contribution >= 4 is 35.1 Å². The first-order chi connectivity index (χ1) is 12.0. The van der Waals surface area contributed by atoms with Crippen LogP contribution in [0.5, 0.6) is 5.75 Å². The maximum atomic E-state index is 12.2. The molecule has 0 aromatic heterocycles. The molecule has 0 spiro atoms. The zero-order valence-electron chi connectivity index (χ0n) is 13.5. The number of halogens is 2. The Hall–Kier alpha value is -2.24. The monoisotopic (exact) mass is 381 g/mol. The van der Waals surface area contributed by atoms with Crippen LogP contribution >= 0.6 is 23.2 Å². The predicted molar refractivity (Wildman–Crippen MR) is 95.9 cm³/mol. The summed E-state index contributed by atoms with van der Waals surface area (Å²) in [5.74, 6) is -0.504. The molecule has 7 heteroatoms. The van der Waals surface area contributed by atoms with Gasteiger partial charge in [0.15, 0.2) is 6.61 Å². The Balaban J connectivity index is 2.01. The summed E-state index contributed by atoms with van der Waals surface area (Å²) in [5.41, 5.74) is 0.794. The van der Waals surface area contributed by atoms with Crippen molar-refractivity contribution in [3.63, 3.8) is 0 Å². The summed E-state index contributed by atoms with van der Waals surface area (Å²) >= 11 is 11.9. The molecule has 0 heterocycles. The normalized spacial score (nSPS) is 11.5. The number of hydrogen-bond donors (Lipinski definition) is 1. The molecule has 0 radical (unpaired) electrons. The van der Waals surface area contributed by atoms with E-state index >= 15 is 0 Å². The molecule has 0 bridgehead atoms. The topological polar surface area (TPSA) is 64.6 Å². The molecular formula is C18H17Cl2NO4. The number of nitrogens with one attached hydrogen (secondary N) is 1. The van der Waals surface area contributed by atoms with Crippen LogP contribution in [0.3, 0.4) is 0 Å². The second kappa shape index (κ2) is 9.30. The average Bonchev–Trinajstić information content (AvgIpc) is 2.62. The summed E-state index contributed by atoms with van der Waals surface area (Å²) in [4.78, 5) is 23.8. The fourth-order valence-corrected chi connectivity index (χ4v) is 2.49. The lowest BCUT2D eigenvalue weighted by Gasteiger charge is -2.18. The Bertz CT molecular complexity index is 737. The minimum Gasteiger partial charge on any atom is -0.482 e. The molecule has 0 aliphatic heterocycles. The van der Waals surface area contributed by atoms with Crippen molar-refractivity contribution in [1.82, 2.24) is 5.32 Å². The Morgan fingerprint density at radius 2 is 1.84 bits per heavy atom. The van der Waals surface area contributed by atoms with Crippen LogP contribution in [0.1, 0.15) is 18.0 Å². The maximum Gasteiger partial charge on any atom is 0.307 e. The Kier molecular flexibility index (Phi) is 7.10. The number of rotatable bonds is 7. The third-order valence-electron chi connectivity index (χ3n) is 3.39. The molecule has 1 amide bonds. The molecule has 132 valence electrons. The van der Waals surface area contributed by atoms with E-state index in [1.807, 2.05) is 30.3 Å². The van der Waals surface area contributed by atoms with Gasteiger partial charge in [-0.05, 0) is 17.7 Å². The van der Waals surface area contributed by atoms with Crippen LogP contribution in [0.15, 0.2) is 48.5 Å². The lowest BCUT2D eigenvalue weighted by atomic mass is 10.0. The minimum atomic E-state index is -0.514. The van der Waals surface area contributed by atoms with Gasteiger partial charge in [0.05, 0.1) is 24.6 Å². The molecule has 5 nitrogen and oxygen atoms in total. The summed E-state index contributed by atoms with van der Waals surface area (Å²) in [5, 5.41) is 3.57. The smallest absolute Gasteiger partial charge is 0.307 e. The van der Waals surface area contributed by atoms with Gasteiger partial charge in [-0.3, -0.25) is 9.59 Å². The molecule has 1 unspecified atom stereocenters. The van der Waals surface area contributed by atoms with Crippen molar-refractivity contribution in [3.05, 3.63) is 64.1 Å². The van der Waals surface area contributed by atoms with Crippen LogP contribution in [-0.4, -0.2) is 25.6 Å². The van der Waals surface area contributed by atoms with E-state index in [4.69, 9.17) is 27.9 Å². The molecule has 0 fully saturated rings. The third kappa shape index (κ3) is 5.96. The summed E-state index contributed by atoms with van der Waals surface area (Å²) in [6.07, 6.45) is 0.0180. The fraction of sp³-hybridized carbons (Fsp3) is 0.222. The number of esters is 1. The van der Waals surface area contributed by atoms with Crippen molar-refractivity contribution < 1.29 is 19.1 Å². The largest absolute Gasteiger partial charge is 0.482 e. The molecule has 1 atom stereocenters. The molecule has 0 saturated carbocycles. The van der Waals surface area contributed by atoms with Gasteiger partial charge in [-0.1, -0.05) is 53.5 Å². The second-order valence-corrected chi connectivity index (χ2v) is 6.02. The molecule has 0 aliphatic rings. The second-order valence-electron chi connectivity index (χ2n) is 5.17. The van der Waals surface area contributed by atoms with Crippen LogP contribution in [0, 0.1) is 0 Å². The van der Waals surface area contributed by atoms with E-state index in [1.165, 1.54) is 13.2 Å². The van der Waals surface area contributed by atoms with E-state index in [2.05, 4.69) is 10.1 Å². The number of benzene rings is 2. The summed E-state index contributed by atoms with van der Waals surface area (Å²) in [6.45, 7) is -0.259. The van der Waals surface area contributed by atoms with Gasteiger partial charge in [0, 0.05) is 11.1 Å². The highest BCUT2D eigenvalue weighted by Crippen LogP contribution is 2.27. The first kappa shape index (κ1) is 19.1. The van der Waals surface area contributed by atoms with E-state index in [9.17, 15) is 9.59 Å². The number of ether oxygens (including phenoxy) is 2. The van der Waals surface area contributed by atoms with Crippen molar-refractivity contribution in [3.8, 4) is 5.75 Å². The summed E-state index contributed by atoms with van der Waals surface area (Å²) in [6, 6.07) is 13.4. The quantitative estimate of drug-likeness (QED) is 0.740. The highest BCUT2D eigenvalue weighted by molar-refractivity contribution is 6.34. The number of carbonyl (C=O) groups excluding carboxylic acids is 2. The lowest BCUT2D eigenvalue weighted by molar-refractivity contribution is -0.141. The van der Waals surface area contributed by atoms with Crippen molar-refractivity contribution in [2.45, 2.75) is 12.5 Å². The van der Waals surface area contributed by atoms with E-state index < -0.39 is 17.9 Å².